The van der Waals surface area contributed by atoms with E-state index >= 15 is 0 Å². The second kappa shape index (κ2) is 8.18. The second-order valence-electron chi connectivity index (χ2n) is 7.16. The number of hydrogen-bond acceptors (Lipinski definition) is 4. The Kier molecular flexibility index (Phi) is 4.12. The lowest BCUT2D eigenvalue weighted by molar-refractivity contribution is -0.126. The van der Waals surface area contributed by atoms with Gasteiger partial charge in [-0.15, -0.1) is 0 Å². The molecule has 2 aromatic rings. The molecular formula is C21H22ClF2N3O3. The van der Waals surface area contributed by atoms with Crippen LogP contribution in [0.5, 0.6) is 5.88 Å². The molecule has 9 heteroatoms. The first-order valence-corrected chi connectivity index (χ1v) is 9.24. The molecule has 0 saturated heterocycles. The van der Waals surface area contributed by atoms with Gasteiger partial charge in [-0.05, 0) is 36.1 Å². The van der Waals surface area contributed by atoms with E-state index in [1.54, 1.807) is 0 Å². The first-order valence-electron chi connectivity index (χ1n) is 11.9. The van der Waals surface area contributed by atoms with Crippen molar-refractivity contribution >= 4 is 34.9 Å². The number of hydrogen-bond donors (Lipinski definition) is 1. The van der Waals surface area contributed by atoms with E-state index in [0.29, 0.717) is 6.07 Å². The molecule has 1 aromatic carbocycles. The minimum absolute atomic E-state index is 0.0700. The molecule has 3 rings (SSSR count). The van der Waals surface area contributed by atoms with Crippen molar-refractivity contribution in [3.63, 3.8) is 0 Å². The zero-order chi connectivity index (χ0) is 27.2. The van der Waals surface area contributed by atoms with Crippen LogP contribution in [0.4, 0.5) is 20.3 Å². The normalized spacial score (nSPS) is 20.0. The Hall–Kier alpha value is -2.74. The van der Waals surface area contributed by atoms with Gasteiger partial charge in [0.05, 0.1) is 11.6 Å². The molecule has 160 valence electrons. The summed E-state index contributed by atoms with van der Waals surface area (Å²) in [6, 6.07) is 4.06. The molecule has 1 aromatic heterocycles. The Balaban J connectivity index is 1.91. The number of carbonyl (C=O) groups excluding carboxylic acids is 2. The number of nitrogens with one attached hydrogen (secondary N) is 1. The van der Waals surface area contributed by atoms with Gasteiger partial charge in [0, 0.05) is 20.7 Å². The Morgan fingerprint density at radius 3 is 2.63 bits per heavy atom. The lowest BCUT2D eigenvalue weighted by Crippen LogP contribution is -2.44. The molecule has 2 heterocycles. The van der Waals surface area contributed by atoms with Crippen LogP contribution >= 0.6 is 11.6 Å². The molecule has 1 aliphatic rings. The molecule has 1 aliphatic heterocycles. The number of anilines is 2. The summed E-state index contributed by atoms with van der Waals surface area (Å²) in [5, 5.41) is 2.13. The van der Waals surface area contributed by atoms with Crippen molar-refractivity contribution in [2.45, 2.75) is 46.6 Å². The molecule has 2 amide bonds. The van der Waals surface area contributed by atoms with Crippen molar-refractivity contribution in [3.05, 3.63) is 46.5 Å². The van der Waals surface area contributed by atoms with E-state index in [9.17, 15) is 18.4 Å². The minimum atomic E-state index is -2.97. The van der Waals surface area contributed by atoms with Gasteiger partial charge < -0.3 is 10.1 Å². The zero-order valence-corrected chi connectivity index (χ0v) is 16.8. The third-order valence-electron chi connectivity index (χ3n) is 4.15. The molecule has 0 spiro atoms. The molecule has 1 unspecified atom stereocenters. The number of fused-ring (bicyclic) bond motifs is 1. The van der Waals surface area contributed by atoms with Gasteiger partial charge in [-0.25, -0.2) is 8.78 Å². The Bertz CT molecular complexity index is 1170. The van der Waals surface area contributed by atoms with Crippen molar-refractivity contribution in [1.82, 2.24) is 4.98 Å². The van der Waals surface area contributed by atoms with Gasteiger partial charge >= 0.3 is 0 Å². The molecule has 0 bridgehead atoms. The maximum absolute atomic E-state index is 13.6. The third kappa shape index (κ3) is 5.05. The lowest BCUT2D eigenvalue weighted by atomic mass is 9.92. The zero-order valence-electron chi connectivity index (χ0n) is 22.1. The van der Waals surface area contributed by atoms with Crippen LogP contribution in [0, 0.1) is 17.0 Å². The standard InChI is InChI=1S/C21H22ClF2N3O3/c1-11-20(29)27(10-12-5-13(23)7-14(24)6-12)16-8-15(22)18(26-19(16)30-11)25-17(28)9-21(2,3)4/h5-8,11H,9-10H2,1-4H3,(H,25,26,28)/i2D3,3D3. The lowest BCUT2D eigenvalue weighted by Gasteiger charge is -2.32. The highest BCUT2D eigenvalue weighted by Crippen LogP contribution is 2.38. The van der Waals surface area contributed by atoms with Gasteiger partial charge in [-0.1, -0.05) is 32.2 Å². The van der Waals surface area contributed by atoms with E-state index in [0.717, 1.165) is 19.1 Å². The number of halogens is 3. The van der Waals surface area contributed by atoms with Gasteiger partial charge in [0.15, 0.2) is 11.9 Å². The minimum Gasteiger partial charge on any atom is -0.463 e. The average molecular weight is 444 g/mol. The molecule has 0 aliphatic carbocycles. The highest BCUT2D eigenvalue weighted by atomic mass is 35.5. The molecule has 0 fully saturated rings. The monoisotopic (exact) mass is 443 g/mol. The van der Waals surface area contributed by atoms with Crippen LogP contribution in [0.1, 0.15) is 47.8 Å². The number of benzene rings is 1. The van der Waals surface area contributed by atoms with Crippen molar-refractivity contribution in [2.24, 2.45) is 5.41 Å². The summed E-state index contributed by atoms with van der Waals surface area (Å²) >= 11 is 6.25. The Labute approximate surface area is 186 Å². The largest absolute Gasteiger partial charge is 0.463 e. The van der Waals surface area contributed by atoms with Crippen molar-refractivity contribution < 1.29 is 31.3 Å². The SMILES string of the molecule is [2H]C([2H])([2H])C(C)(CC(=O)Nc1nc2c(cc1Cl)N(Cc1cc(F)cc(F)c1)C(=O)C(C)O2)C([2H])([2H])[2H]. The number of amides is 2. The Morgan fingerprint density at radius 1 is 1.33 bits per heavy atom. The van der Waals surface area contributed by atoms with Crippen LogP contribution < -0.4 is 15.0 Å². The van der Waals surface area contributed by atoms with Gasteiger partial charge in [0.25, 0.3) is 5.91 Å². The fourth-order valence-corrected chi connectivity index (χ4v) is 3.12. The van der Waals surface area contributed by atoms with Crippen LogP contribution in [-0.2, 0) is 16.1 Å². The average Bonchev–Trinajstić information content (AvgIpc) is 2.70. The molecule has 1 N–H and O–H groups in total. The summed E-state index contributed by atoms with van der Waals surface area (Å²) in [4.78, 5) is 30.7. The molecule has 30 heavy (non-hydrogen) atoms. The van der Waals surface area contributed by atoms with E-state index < -0.39 is 55.1 Å². The summed E-state index contributed by atoms with van der Waals surface area (Å²) < 4.78 is 78.5. The van der Waals surface area contributed by atoms with Crippen LogP contribution in [0.3, 0.4) is 0 Å². The van der Waals surface area contributed by atoms with E-state index in [4.69, 9.17) is 24.6 Å². The fourth-order valence-electron chi connectivity index (χ4n) is 2.93. The first-order chi connectivity index (χ1) is 16.4. The Morgan fingerprint density at radius 2 is 2.00 bits per heavy atom. The van der Waals surface area contributed by atoms with Gasteiger partial charge in [0.1, 0.15) is 17.3 Å². The molecular weight excluding hydrogens is 416 g/mol. The number of ether oxygens (including phenoxy) is 1. The fraction of sp³-hybridized carbons (Fsp3) is 0.381. The van der Waals surface area contributed by atoms with Crippen LogP contribution in [-0.4, -0.2) is 22.9 Å². The van der Waals surface area contributed by atoms with Crippen LogP contribution in [0.25, 0.3) is 0 Å². The summed E-state index contributed by atoms with van der Waals surface area (Å²) in [5.41, 5.74) is -2.12. The maximum Gasteiger partial charge on any atom is 0.268 e. The molecule has 0 saturated carbocycles. The predicted molar refractivity (Wildman–Crippen MR) is 110 cm³/mol. The topological polar surface area (TPSA) is 71.5 Å². The van der Waals surface area contributed by atoms with E-state index in [2.05, 4.69) is 10.3 Å². The summed E-state index contributed by atoms with van der Waals surface area (Å²) in [6.07, 6.45) is -1.93. The quantitative estimate of drug-likeness (QED) is 0.743. The maximum atomic E-state index is 13.6. The predicted octanol–water partition coefficient (Wildman–Crippen LogP) is 4.70. The van der Waals surface area contributed by atoms with Crippen LogP contribution in [0.15, 0.2) is 24.3 Å². The van der Waals surface area contributed by atoms with E-state index in [1.807, 2.05) is 0 Å². The smallest absolute Gasteiger partial charge is 0.268 e. The highest BCUT2D eigenvalue weighted by Gasteiger charge is 2.34. The van der Waals surface area contributed by atoms with Crippen LogP contribution in [0.2, 0.25) is 5.02 Å². The second-order valence-corrected chi connectivity index (χ2v) is 7.57. The number of rotatable bonds is 4. The summed E-state index contributed by atoms with van der Waals surface area (Å²) in [7, 11) is 0. The third-order valence-corrected chi connectivity index (χ3v) is 4.44. The van der Waals surface area contributed by atoms with Crippen molar-refractivity contribution in [3.8, 4) is 5.88 Å². The number of pyridine rings is 1. The summed E-state index contributed by atoms with van der Waals surface area (Å²) in [5.74, 6) is -3.53. The van der Waals surface area contributed by atoms with Gasteiger partial charge in [0.2, 0.25) is 11.8 Å². The summed E-state index contributed by atoms with van der Waals surface area (Å²) in [6.45, 7) is -3.78. The number of carbonyl (C=O) groups is 2. The van der Waals surface area contributed by atoms with Gasteiger partial charge in [-0.2, -0.15) is 4.98 Å². The number of nitrogens with zero attached hydrogens (tertiary/aromatic N) is 2. The van der Waals surface area contributed by atoms with E-state index in [-0.39, 0.29) is 34.5 Å². The van der Waals surface area contributed by atoms with Gasteiger partial charge in [-0.3, -0.25) is 14.5 Å². The van der Waals surface area contributed by atoms with E-state index in [1.165, 1.54) is 17.9 Å². The molecule has 0 radical (unpaired) electrons. The number of aromatic nitrogens is 1. The molecule has 1 atom stereocenters. The molecule has 6 nitrogen and oxygen atoms in total. The van der Waals surface area contributed by atoms with Crippen molar-refractivity contribution in [1.29, 1.82) is 0 Å². The highest BCUT2D eigenvalue weighted by molar-refractivity contribution is 6.33. The first kappa shape index (κ1) is 15.1. The van der Waals surface area contributed by atoms with Crippen molar-refractivity contribution in [2.75, 3.05) is 10.2 Å².